The molecule has 5 rings (SSSR count). The number of nitrogens with one attached hydrogen (secondary N) is 1. The highest BCUT2D eigenvalue weighted by molar-refractivity contribution is 6.30. The first-order valence-corrected chi connectivity index (χ1v) is 12.1. The van der Waals surface area contributed by atoms with Crippen LogP contribution in [-0.4, -0.2) is 34.5 Å². The molecule has 0 bridgehead atoms. The Kier molecular flexibility index (Phi) is 7.09. The van der Waals surface area contributed by atoms with Crippen LogP contribution in [0.25, 0.3) is 5.70 Å². The second-order valence-corrected chi connectivity index (χ2v) is 8.69. The van der Waals surface area contributed by atoms with Gasteiger partial charge in [-0.2, -0.15) is 10.1 Å². The summed E-state index contributed by atoms with van der Waals surface area (Å²) in [4.78, 5) is 17.6. The van der Waals surface area contributed by atoms with E-state index in [-0.39, 0.29) is 0 Å². The van der Waals surface area contributed by atoms with E-state index in [0.717, 1.165) is 16.7 Å². The molecule has 0 aliphatic carbocycles. The first kappa shape index (κ1) is 24.4. The molecule has 0 unspecified atom stereocenters. The number of methoxy groups -OCH3 is 1. The number of esters is 1. The number of carbonyl (C=O) groups excluding carboxylic acids is 1. The van der Waals surface area contributed by atoms with Crippen molar-refractivity contribution in [2.45, 2.75) is 19.6 Å². The van der Waals surface area contributed by atoms with Crippen molar-refractivity contribution in [3.8, 4) is 11.5 Å². The predicted octanol–water partition coefficient (Wildman–Crippen LogP) is 5.51. The minimum atomic E-state index is -0.626. The summed E-state index contributed by atoms with van der Waals surface area (Å²) in [6.45, 7) is 2.75. The minimum Gasteiger partial charge on any atom is -0.490 e. The molecule has 9 heteroatoms. The third-order valence-corrected chi connectivity index (χ3v) is 6.21. The third-order valence-electron chi connectivity index (χ3n) is 5.96. The Bertz CT molecular complexity index is 1430. The molecule has 0 fully saturated rings. The molecule has 0 spiro atoms. The number of fused-ring (bicyclic) bond motifs is 1. The normalized spacial score (nSPS) is 14.5. The number of hydrogen-bond donors (Lipinski definition) is 1. The number of halogens is 1. The fourth-order valence-corrected chi connectivity index (χ4v) is 4.39. The van der Waals surface area contributed by atoms with Crippen molar-refractivity contribution in [3.05, 3.63) is 106 Å². The number of anilines is 1. The number of ether oxygens (including phenoxy) is 3. The van der Waals surface area contributed by atoms with Crippen molar-refractivity contribution in [1.82, 2.24) is 14.8 Å². The van der Waals surface area contributed by atoms with Gasteiger partial charge in [0.25, 0.3) is 0 Å². The van der Waals surface area contributed by atoms with Gasteiger partial charge in [0.2, 0.25) is 5.95 Å². The van der Waals surface area contributed by atoms with Crippen LogP contribution in [0, 0.1) is 0 Å². The van der Waals surface area contributed by atoms with Crippen LogP contribution < -0.4 is 14.8 Å². The average Bonchev–Trinajstić information content (AvgIpc) is 3.40. The van der Waals surface area contributed by atoms with E-state index in [4.69, 9.17) is 25.8 Å². The van der Waals surface area contributed by atoms with E-state index in [2.05, 4.69) is 15.4 Å². The maximum absolute atomic E-state index is 13.2. The Hall–Kier alpha value is -4.30. The lowest BCUT2D eigenvalue weighted by Gasteiger charge is -2.29. The predicted molar refractivity (Wildman–Crippen MR) is 141 cm³/mol. The number of rotatable bonds is 8. The van der Waals surface area contributed by atoms with Crippen LogP contribution >= 0.6 is 11.6 Å². The van der Waals surface area contributed by atoms with Crippen molar-refractivity contribution in [3.63, 3.8) is 0 Å². The summed E-state index contributed by atoms with van der Waals surface area (Å²) in [7, 11) is 1.36. The zero-order chi connectivity index (χ0) is 25.8. The summed E-state index contributed by atoms with van der Waals surface area (Å²) in [6, 6.07) is 22.1. The van der Waals surface area contributed by atoms with Gasteiger partial charge in [-0.15, -0.1) is 0 Å². The van der Waals surface area contributed by atoms with Crippen LogP contribution in [0.4, 0.5) is 5.95 Å². The van der Waals surface area contributed by atoms with Crippen molar-refractivity contribution in [2.75, 3.05) is 19.0 Å². The molecule has 4 aromatic rings. The van der Waals surface area contributed by atoms with Gasteiger partial charge < -0.3 is 19.5 Å². The lowest BCUT2D eigenvalue weighted by molar-refractivity contribution is -0.136. The molecular formula is C28H25ClN4O4. The Morgan fingerprint density at radius 1 is 1.03 bits per heavy atom. The van der Waals surface area contributed by atoms with E-state index in [1.165, 1.54) is 13.4 Å². The molecule has 0 amide bonds. The molecule has 3 aromatic carbocycles. The van der Waals surface area contributed by atoms with Gasteiger partial charge in [-0.25, -0.2) is 9.48 Å². The molecule has 1 aromatic heterocycles. The monoisotopic (exact) mass is 516 g/mol. The molecular weight excluding hydrogens is 492 g/mol. The number of hydrogen-bond acceptors (Lipinski definition) is 7. The lowest BCUT2D eigenvalue weighted by Crippen LogP contribution is -2.29. The van der Waals surface area contributed by atoms with Crippen LogP contribution in [0.3, 0.4) is 0 Å². The van der Waals surface area contributed by atoms with Crippen molar-refractivity contribution in [2.24, 2.45) is 0 Å². The number of aromatic nitrogens is 3. The first-order chi connectivity index (χ1) is 18.1. The second-order valence-electron chi connectivity index (χ2n) is 8.26. The first-order valence-electron chi connectivity index (χ1n) is 11.8. The van der Waals surface area contributed by atoms with E-state index < -0.39 is 12.0 Å². The molecule has 1 N–H and O–H groups in total. The van der Waals surface area contributed by atoms with Gasteiger partial charge >= 0.3 is 5.97 Å². The van der Waals surface area contributed by atoms with Crippen LogP contribution in [0.15, 0.2) is 84.7 Å². The Morgan fingerprint density at radius 3 is 2.54 bits per heavy atom. The Balaban J connectivity index is 1.60. The SMILES string of the molecule is CCOc1cc([C@@H]2C(C(=O)OC)=C(c3ccc(Cl)cc3)Nc3ncnn32)ccc1OCc1ccccc1. The van der Waals surface area contributed by atoms with Crippen LogP contribution in [0.2, 0.25) is 5.02 Å². The van der Waals surface area contributed by atoms with Gasteiger partial charge in [0, 0.05) is 5.02 Å². The molecule has 0 radical (unpaired) electrons. The summed E-state index contributed by atoms with van der Waals surface area (Å²) >= 11 is 6.11. The maximum Gasteiger partial charge on any atom is 0.338 e. The summed E-state index contributed by atoms with van der Waals surface area (Å²) in [6.07, 6.45) is 1.44. The van der Waals surface area contributed by atoms with E-state index >= 15 is 0 Å². The van der Waals surface area contributed by atoms with Crippen LogP contribution in [0.1, 0.15) is 29.7 Å². The maximum atomic E-state index is 13.2. The topological polar surface area (TPSA) is 87.5 Å². The van der Waals surface area contributed by atoms with E-state index in [0.29, 0.717) is 47.0 Å². The molecule has 8 nitrogen and oxygen atoms in total. The van der Waals surface area contributed by atoms with Crippen molar-refractivity contribution >= 4 is 29.2 Å². The third kappa shape index (κ3) is 5.01. The number of carbonyl (C=O) groups is 1. The zero-order valence-corrected chi connectivity index (χ0v) is 21.1. The fourth-order valence-electron chi connectivity index (χ4n) is 4.26. The summed E-state index contributed by atoms with van der Waals surface area (Å²) < 4.78 is 18.9. The second kappa shape index (κ2) is 10.8. The molecule has 1 aliphatic rings. The Morgan fingerprint density at radius 2 is 1.81 bits per heavy atom. The molecule has 188 valence electrons. The average molecular weight is 517 g/mol. The van der Waals surface area contributed by atoms with Crippen molar-refractivity contribution < 1.29 is 19.0 Å². The number of nitrogens with zero attached hydrogens (tertiary/aromatic N) is 3. The largest absolute Gasteiger partial charge is 0.490 e. The van der Waals surface area contributed by atoms with Crippen LogP contribution in [-0.2, 0) is 16.1 Å². The summed E-state index contributed by atoms with van der Waals surface area (Å²) in [5.41, 5.74) is 3.51. The molecule has 1 aliphatic heterocycles. The fraction of sp³-hybridized carbons (Fsp3) is 0.179. The highest BCUT2D eigenvalue weighted by Crippen LogP contribution is 2.41. The number of benzene rings is 3. The van der Waals surface area contributed by atoms with Crippen molar-refractivity contribution in [1.29, 1.82) is 0 Å². The van der Waals surface area contributed by atoms with Gasteiger partial charge in [-0.1, -0.05) is 60.1 Å². The molecule has 0 saturated carbocycles. The summed E-state index contributed by atoms with van der Waals surface area (Å²) in [5, 5.41) is 8.23. The highest BCUT2D eigenvalue weighted by atomic mass is 35.5. The molecule has 0 saturated heterocycles. The molecule has 37 heavy (non-hydrogen) atoms. The minimum absolute atomic E-state index is 0.378. The molecule has 1 atom stereocenters. The van der Waals surface area contributed by atoms with E-state index in [1.54, 1.807) is 16.8 Å². The van der Waals surface area contributed by atoms with Gasteiger partial charge in [-0.3, -0.25) is 0 Å². The lowest BCUT2D eigenvalue weighted by atomic mass is 9.92. The standard InChI is InChI=1S/C28H25ClN4O4/c1-3-36-23-15-20(11-14-22(23)37-16-18-7-5-4-6-8-18)26-24(27(34)35-2)25(19-9-12-21(29)13-10-19)32-28-30-17-31-33(26)28/h4-15,17,26H,3,16H2,1-2H3,(H,30,31,32)/t26-/m1/s1. The van der Waals surface area contributed by atoms with Gasteiger partial charge in [0.1, 0.15) is 19.0 Å². The van der Waals surface area contributed by atoms with Gasteiger partial charge in [0.05, 0.1) is 25.0 Å². The summed E-state index contributed by atoms with van der Waals surface area (Å²) in [5.74, 6) is 1.16. The smallest absolute Gasteiger partial charge is 0.338 e. The van der Waals surface area contributed by atoms with E-state index in [9.17, 15) is 4.79 Å². The van der Waals surface area contributed by atoms with Gasteiger partial charge in [0.15, 0.2) is 11.5 Å². The highest BCUT2D eigenvalue weighted by Gasteiger charge is 2.36. The van der Waals surface area contributed by atoms with Crippen LogP contribution in [0.5, 0.6) is 11.5 Å². The van der Waals surface area contributed by atoms with Gasteiger partial charge in [-0.05, 0) is 47.9 Å². The van der Waals surface area contributed by atoms with E-state index in [1.807, 2.05) is 67.6 Å². The zero-order valence-electron chi connectivity index (χ0n) is 20.3. The Labute approximate surface area is 219 Å². The molecule has 2 heterocycles. The quantitative estimate of drug-likeness (QED) is 0.309.